The summed E-state index contributed by atoms with van der Waals surface area (Å²) >= 11 is 1.45. The van der Waals surface area contributed by atoms with E-state index in [9.17, 15) is 4.79 Å². The zero-order chi connectivity index (χ0) is 18.1. The lowest BCUT2D eigenvalue weighted by Gasteiger charge is -2.25. The van der Waals surface area contributed by atoms with E-state index in [4.69, 9.17) is 10.5 Å². The lowest BCUT2D eigenvalue weighted by atomic mass is 10.2. The quantitative estimate of drug-likeness (QED) is 0.757. The highest BCUT2D eigenvalue weighted by molar-refractivity contribution is 7.17. The highest BCUT2D eigenvalue weighted by Gasteiger charge is 2.20. The molecule has 132 valence electrons. The number of carbonyl (C=O) groups excluding carboxylic acids is 1. The molecule has 8 heteroatoms. The molecule has 2 N–H and O–H groups in total. The molecule has 7 nitrogen and oxygen atoms in total. The number of carbonyl (C=O) groups is 1. The Morgan fingerprint density at radius 2 is 2.16 bits per heavy atom. The van der Waals surface area contributed by atoms with E-state index < -0.39 is 0 Å². The lowest BCUT2D eigenvalue weighted by molar-refractivity contribution is 0.0717. The number of anilines is 1. The van der Waals surface area contributed by atoms with Gasteiger partial charge in [0.25, 0.3) is 5.91 Å². The zero-order valence-corrected chi connectivity index (χ0v) is 15.5. The van der Waals surface area contributed by atoms with Gasteiger partial charge < -0.3 is 15.4 Å². The molecule has 3 aromatic heterocycles. The van der Waals surface area contributed by atoms with Gasteiger partial charge >= 0.3 is 0 Å². The van der Waals surface area contributed by atoms with Gasteiger partial charge in [0, 0.05) is 18.2 Å². The van der Waals surface area contributed by atoms with Crippen LogP contribution in [0.4, 0.5) is 5.82 Å². The van der Waals surface area contributed by atoms with Crippen LogP contribution in [0.15, 0.2) is 24.3 Å². The van der Waals surface area contributed by atoms with E-state index >= 15 is 0 Å². The summed E-state index contributed by atoms with van der Waals surface area (Å²) in [6.07, 6.45) is 0. The molecule has 3 heterocycles. The topological polar surface area (TPSA) is 85.8 Å². The molecule has 0 aliphatic rings. The van der Waals surface area contributed by atoms with Gasteiger partial charge in [-0.3, -0.25) is 4.79 Å². The Morgan fingerprint density at radius 1 is 1.40 bits per heavy atom. The number of rotatable bonds is 5. The number of methoxy groups -OCH3 is 1. The molecule has 3 rings (SSSR count). The van der Waals surface area contributed by atoms with Gasteiger partial charge in [-0.15, -0.1) is 5.10 Å². The van der Waals surface area contributed by atoms with Gasteiger partial charge in [-0.05, 0) is 45.0 Å². The third-order valence-corrected chi connectivity index (χ3v) is 4.98. The van der Waals surface area contributed by atoms with Crippen LogP contribution in [0.1, 0.15) is 31.1 Å². The van der Waals surface area contributed by atoms with Crippen molar-refractivity contribution in [3.05, 3.63) is 29.8 Å². The van der Waals surface area contributed by atoms with E-state index in [0.717, 1.165) is 9.94 Å². The fraction of sp³-hybridized carbons (Fsp3) is 0.353. The zero-order valence-electron chi connectivity index (χ0n) is 14.7. The van der Waals surface area contributed by atoms with Crippen LogP contribution in [0.5, 0.6) is 5.06 Å². The minimum Gasteiger partial charge on any atom is -0.487 e. The fourth-order valence-corrected chi connectivity index (χ4v) is 3.45. The number of aromatic nitrogens is 3. The first-order valence-electron chi connectivity index (χ1n) is 8.06. The van der Waals surface area contributed by atoms with Gasteiger partial charge in [-0.25, -0.2) is 4.98 Å². The Labute approximate surface area is 150 Å². The van der Waals surface area contributed by atoms with E-state index in [1.54, 1.807) is 28.7 Å². The van der Waals surface area contributed by atoms with E-state index in [1.165, 1.54) is 11.3 Å². The predicted octanol–water partition coefficient (Wildman–Crippen LogP) is 2.92. The molecule has 3 aromatic rings. The van der Waals surface area contributed by atoms with Gasteiger partial charge in [-0.2, -0.15) is 4.52 Å². The van der Waals surface area contributed by atoms with Crippen LogP contribution in [0.25, 0.3) is 16.3 Å². The van der Waals surface area contributed by atoms with Crippen molar-refractivity contribution in [3.8, 4) is 15.8 Å². The van der Waals surface area contributed by atoms with Crippen LogP contribution in [-0.4, -0.2) is 45.1 Å². The van der Waals surface area contributed by atoms with E-state index in [-0.39, 0.29) is 11.9 Å². The van der Waals surface area contributed by atoms with Crippen LogP contribution in [-0.2, 0) is 0 Å². The third kappa shape index (κ3) is 3.17. The number of ether oxygens (including phenoxy) is 1. The molecule has 0 saturated carbocycles. The molecule has 0 spiro atoms. The summed E-state index contributed by atoms with van der Waals surface area (Å²) in [5.74, 6) is 0.873. The second-order valence-corrected chi connectivity index (χ2v) is 6.93. The van der Waals surface area contributed by atoms with Crippen LogP contribution in [0.3, 0.4) is 0 Å². The van der Waals surface area contributed by atoms with Gasteiger partial charge in [0.2, 0.25) is 0 Å². The Balaban J connectivity index is 2.03. The lowest BCUT2D eigenvalue weighted by Crippen LogP contribution is -2.36. The van der Waals surface area contributed by atoms with Crippen LogP contribution in [0, 0.1) is 0 Å². The number of nitrogens with zero attached hydrogens (tertiary/aromatic N) is 4. The van der Waals surface area contributed by atoms with Crippen molar-refractivity contribution < 1.29 is 9.53 Å². The largest absolute Gasteiger partial charge is 0.487 e. The molecule has 0 fully saturated rings. The summed E-state index contributed by atoms with van der Waals surface area (Å²) in [6, 6.07) is 7.25. The Kier molecular flexibility index (Phi) is 4.63. The molecule has 0 saturated heterocycles. The first-order valence-corrected chi connectivity index (χ1v) is 8.87. The first kappa shape index (κ1) is 17.2. The van der Waals surface area contributed by atoms with E-state index in [1.807, 2.05) is 32.9 Å². The number of hydrogen-bond acceptors (Lipinski definition) is 6. The predicted molar refractivity (Wildman–Crippen MR) is 99.1 cm³/mol. The fourth-order valence-electron chi connectivity index (χ4n) is 2.70. The maximum atomic E-state index is 12.7. The molecular formula is C17H21N5O2S. The molecule has 0 unspecified atom stereocenters. The minimum absolute atomic E-state index is 0.0611. The van der Waals surface area contributed by atoms with Gasteiger partial charge in [0.1, 0.15) is 5.82 Å². The van der Waals surface area contributed by atoms with Crippen molar-refractivity contribution in [2.75, 3.05) is 19.4 Å². The van der Waals surface area contributed by atoms with Crippen molar-refractivity contribution in [2.24, 2.45) is 0 Å². The Morgan fingerprint density at radius 3 is 2.76 bits per heavy atom. The van der Waals surface area contributed by atoms with Crippen molar-refractivity contribution in [1.29, 1.82) is 0 Å². The number of hydrogen-bond donors (Lipinski definition) is 1. The molecule has 0 aliphatic heterocycles. The highest BCUT2D eigenvalue weighted by atomic mass is 32.1. The summed E-state index contributed by atoms with van der Waals surface area (Å²) in [7, 11) is 1.62. The van der Waals surface area contributed by atoms with Crippen LogP contribution in [0.2, 0.25) is 0 Å². The number of fused-ring (bicyclic) bond motifs is 1. The molecule has 0 atom stereocenters. The minimum atomic E-state index is -0.0611. The van der Waals surface area contributed by atoms with E-state index in [0.29, 0.717) is 29.4 Å². The Bertz CT molecular complexity index is 915. The maximum absolute atomic E-state index is 12.7. The van der Waals surface area contributed by atoms with E-state index in [2.05, 4.69) is 10.1 Å². The molecule has 0 radical (unpaired) electrons. The SMILES string of the molecule is CCN(C(=O)c1cc(N)n2nc(-c3ccc(OC)s3)nc2c1)C(C)C. The summed E-state index contributed by atoms with van der Waals surface area (Å²) in [5, 5.41) is 5.23. The number of pyridine rings is 1. The van der Waals surface area contributed by atoms with Crippen LogP contribution < -0.4 is 10.5 Å². The number of nitrogen functional groups attached to an aromatic ring is 1. The average Bonchev–Trinajstić information content (AvgIpc) is 3.21. The second-order valence-electron chi connectivity index (χ2n) is 5.88. The molecule has 0 aromatic carbocycles. The van der Waals surface area contributed by atoms with Gasteiger partial charge in [0.15, 0.2) is 16.5 Å². The number of nitrogens with two attached hydrogens (primary N) is 1. The third-order valence-electron chi connectivity index (χ3n) is 3.94. The molecular weight excluding hydrogens is 338 g/mol. The molecule has 25 heavy (non-hydrogen) atoms. The highest BCUT2D eigenvalue weighted by Crippen LogP contribution is 2.31. The van der Waals surface area contributed by atoms with Crippen molar-refractivity contribution in [2.45, 2.75) is 26.8 Å². The number of thiophene rings is 1. The van der Waals surface area contributed by atoms with Gasteiger partial charge in [0.05, 0.1) is 12.0 Å². The number of amides is 1. The normalized spacial score (nSPS) is 11.2. The van der Waals surface area contributed by atoms with Crippen molar-refractivity contribution >= 4 is 28.7 Å². The summed E-state index contributed by atoms with van der Waals surface area (Å²) in [4.78, 5) is 19.9. The van der Waals surface area contributed by atoms with Crippen molar-refractivity contribution in [3.63, 3.8) is 0 Å². The average molecular weight is 359 g/mol. The molecule has 1 amide bonds. The smallest absolute Gasteiger partial charge is 0.254 e. The summed E-state index contributed by atoms with van der Waals surface area (Å²) in [5.41, 5.74) is 7.17. The summed E-state index contributed by atoms with van der Waals surface area (Å²) < 4.78 is 6.75. The standard InChI is InChI=1S/C17H21N5O2S/c1-5-21(10(2)3)17(23)11-8-13(18)22-14(9-11)19-16(20-22)12-6-7-15(24-4)25-12/h6-10H,5,18H2,1-4H3. The molecule has 0 bridgehead atoms. The Hall–Kier alpha value is -2.61. The summed E-state index contributed by atoms with van der Waals surface area (Å²) in [6.45, 7) is 6.57. The maximum Gasteiger partial charge on any atom is 0.254 e. The molecule has 0 aliphatic carbocycles. The second kappa shape index (κ2) is 6.72. The van der Waals surface area contributed by atoms with Crippen molar-refractivity contribution in [1.82, 2.24) is 19.5 Å². The van der Waals surface area contributed by atoms with Gasteiger partial charge in [-0.1, -0.05) is 11.3 Å². The monoisotopic (exact) mass is 359 g/mol. The van der Waals surface area contributed by atoms with Crippen LogP contribution >= 0.6 is 11.3 Å². The first-order chi connectivity index (χ1) is 11.9.